The lowest BCUT2D eigenvalue weighted by Gasteiger charge is -2.42. The van der Waals surface area contributed by atoms with Crippen molar-refractivity contribution in [1.29, 1.82) is 0 Å². The minimum absolute atomic E-state index is 0.00272. The summed E-state index contributed by atoms with van der Waals surface area (Å²) in [7, 11) is 0. The zero-order valence-electron chi connectivity index (χ0n) is 42.5. The molecule has 12 aromatic rings. The summed E-state index contributed by atoms with van der Waals surface area (Å²) in [5, 5.41) is 7.39. The number of nitrogens with zero attached hydrogens (tertiary/aromatic N) is 3. The topological polar surface area (TPSA) is 24.6 Å². The Labute approximate surface area is 425 Å². The van der Waals surface area contributed by atoms with E-state index in [1.165, 1.54) is 103 Å². The lowest BCUT2D eigenvalue weighted by Crippen LogP contribution is -2.60. The average Bonchev–Trinajstić information content (AvgIpc) is 4.04. The molecule has 72 heavy (non-hydrogen) atoms. The molecule has 14 rings (SSSR count). The lowest BCUT2D eigenvalue weighted by molar-refractivity contribution is 0.590. The molecule has 350 valence electrons. The van der Waals surface area contributed by atoms with Crippen LogP contribution in [-0.2, 0) is 16.2 Å². The second kappa shape index (κ2) is 15.0. The van der Waals surface area contributed by atoms with Crippen molar-refractivity contribution in [2.45, 2.75) is 78.6 Å². The quantitative estimate of drug-likeness (QED) is 0.164. The predicted octanol–water partition coefficient (Wildman–Crippen LogP) is 17.7. The summed E-state index contributed by atoms with van der Waals surface area (Å²) in [4.78, 5) is 5.07. The van der Waals surface area contributed by atoms with E-state index in [-0.39, 0.29) is 23.1 Å². The SMILES string of the molecule is CC(C)(C)c1ccc(N2B3c4cc(C(C)(C)C)ccc4-n4c5ccc(C(C)(C)C)cc5c5c6c(oc7ccccc76)c(c3c54)-c3cc4sc5ccc(N(c6ccccc6)c6ccccc6)cc5c4cc32)cc1. The maximum absolute atomic E-state index is 7.37. The second-order valence-corrected chi connectivity index (χ2v) is 24.5. The summed E-state index contributed by atoms with van der Waals surface area (Å²) in [5.41, 5.74) is 20.2. The summed E-state index contributed by atoms with van der Waals surface area (Å²) >= 11 is 1.88. The van der Waals surface area contributed by atoms with Crippen molar-refractivity contribution in [3.63, 3.8) is 0 Å². The van der Waals surface area contributed by atoms with Gasteiger partial charge in [-0.2, -0.15) is 0 Å². The first-order valence-electron chi connectivity index (χ1n) is 25.5. The third-order valence-corrected chi connectivity index (χ3v) is 16.9. The number of aromatic nitrogens is 1. The van der Waals surface area contributed by atoms with Crippen LogP contribution in [0.5, 0.6) is 0 Å². The Morgan fingerprint density at radius 1 is 0.486 bits per heavy atom. The smallest absolute Gasteiger partial charge is 0.333 e. The predicted molar refractivity (Wildman–Crippen MR) is 311 cm³/mol. The molecule has 3 aromatic heterocycles. The molecule has 0 spiro atoms. The highest BCUT2D eigenvalue weighted by Gasteiger charge is 2.47. The Kier molecular flexibility index (Phi) is 9.02. The van der Waals surface area contributed by atoms with Gasteiger partial charge in [-0.15, -0.1) is 11.3 Å². The van der Waals surface area contributed by atoms with Crippen molar-refractivity contribution in [2.24, 2.45) is 0 Å². The molecule has 0 atom stereocenters. The van der Waals surface area contributed by atoms with Crippen LogP contribution in [0.1, 0.15) is 79.0 Å². The fourth-order valence-corrected chi connectivity index (χ4v) is 13.2. The molecule has 0 bridgehead atoms. The van der Waals surface area contributed by atoms with Crippen LogP contribution in [0.3, 0.4) is 0 Å². The molecule has 6 heteroatoms. The number of thiophene rings is 1. The van der Waals surface area contributed by atoms with Gasteiger partial charge < -0.3 is 18.7 Å². The van der Waals surface area contributed by atoms with Crippen molar-refractivity contribution in [3.05, 3.63) is 193 Å². The molecule has 2 aliphatic rings. The standard InChI is InChI=1S/C66H56BN3OS/c1-64(2,3)39-24-28-44(29-25-39)70-54-37-48-47-36-45(68(42-18-12-10-13-19-42)43-20-14-11-15-21-43)30-33-56(47)72-57(48)38-50(54)60-61-62-58(59-46-22-16-17-23-55(46)71-63(59)60)49-34-40(65(4,5)6)26-31-52(49)69(62)53-32-27-41(66(7,8)9)35-51(53)67(61)70/h10-38H,1-9H3. The number of benzene rings is 9. The lowest BCUT2D eigenvalue weighted by atomic mass is 9.43. The molecule has 0 saturated carbocycles. The van der Waals surface area contributed by atoms with Crippen LogP contribution in [0.2, 0.25) is 0 Å². The summed E-state index contributed by atoms with van der Waals surface area (Å²) in [6.45, 7) is 20.8. The van der Waals surface area contributed by atoms with Crippen molar-refractivity contribution >= 4 is 121 Å². The molecule has 0 radical (unpaired) electrons. The van der Waals surface area contributed by atoms with Crippen LogP contribution >= 0.6 is 11.3 Å². The number of hydrogen-bond donors (Lipinski definition) is 0. The van der Waals surface area contributed by atoms with Gasteiger partial charge in [-0.3, -0.25) is 0 Å². The molecule has 0 N–H and O–H groups in total. The van der Waals surface area contributed by atoms with Crippen LogP contribution in [0.25, 0.3) is 80.7 Å². The summed E-state index contributed by atoms with van der Waals surface area (Å²) in [5.74, 6) is 0. The van der Waals surface area contributed by atoms with E-state index in [0.717, 1.165) is 33.6 Å². The Morgan fingerprint density at radius 3 is 1.81 bits per heavy atom. The largest absolute Gasteiger partial charge is 0.455 e. The van der Waals surface area contributed by atoms with E-state index < -0.39 is 0 Å². The van der Waals surface area contributed by atoms with Gasteiger partial charge in [-0.25, -0.2) is 0 Å². The van der Waals surface area contributed by atoms with E-state index in [0.29, 0.717) is 0 Å². The summed E-state index contributed by atoms with van der Waals surface area (Å²) < 4.78 is 12.5. The van der Waals surface area contributed by atoms with Crippen LogP contribution in [0, 0.1) is 0 Å². The number of anilines is 5. The first-order valence-corrected chi connectivity index (χ1v) is 26.3. The number of rotatable bonds is 4. The minimum Gasteiger partial charge on any atom is -0.455 e. The van der Waals surface area contributed by atoms with Crippen LogP contribution in [-0.4, -0.2) is 11.4 Å². The van der Waals surface area contributed by atoms with Crippen LogP contribution in [0.4, 0.5) is 28.4 Å². The Balaban J connectivity index is 1.15. The van der Waals surface area contributed by atoms with E-state index in [1.54, 1.807) is 0 Å². The van der Waals surface area contributed by atoms with Crippen LogP contribution in [0.15, 0.2) is 180 Å². The third kappa shape index (κ3) is 6.24. The fraction of sp³-hybridized carbons (Fsp3) is 0.182. The maximum Gasteiger partial charge on any atom is 0.333 e. The molecule has 0 unspecified atom stereocenters. The molecule has 0 amide bonds. The molecule has 0 saturated heterocycles. The highest BCUT2D eigenvalue weighted by atomic mass is 32.1. The monoisotopic (exact) mass is 949 g/mol. The van der Waals surface area contributed by atoms with Crippen molar-refractivity contribution < 1.29 is 4.42 Å². The molecule has 0 fully saturated rings. The van der Waals surface area contributed by atoms with Crippen molar-refractivity contribution in [3.8, 4) is 16.8 Å². The van der Waals surface area contributed by atoms with Gasteiger partial charge in [0.05, 0.1) is 11.0 Å². The number of hydrogen-bond acceptors (Lipinski definition) is 4. The van der Waals surface area contributed by atoms with E-state index >= 15 is 0 Å². The molecule has 5 heterocycles. The summed E-state index contributed by atoms with van der Waals surface area (Å²) in [6, 6.07) is 66.3. The number of fused-ring (bicyclic) bond motifs is 16. The highest BCUT2D eigenvalue weighted by Crippen LogP contribution is 2.54. The first-order chi connectivity index (χ1) is 34.6. The third-order valence-electron chi connectivity index (χ3n) is 15.8. The Hall–Kier alpha value is -7.54. The van der Waals surface area contributed by atoms with Gasteiger partial charge in [0.1, 0.15) is 11.2 Å². The number of para-hydroxylation sites is 3. The zero-order chi connectivity index (χ0) is 49.2. The van der Waals surface area contributed by atoms with Gasteiger partial charge in [0.2, 0.25) is 0 Å². The molecule has 4 nitrogen and oxygen atoms in total. The molecule has 0 aliphatic carbocycles. The van der Waals surface area contributed by atoms with E-state index in [2.05, 4.69) is 253 Å². The number of furan rings is 1. The zero-order valence-corrected chi connectivity index (χ0v) is 43.3. The second-order valence-electron chi connectivity index (χ2n) is 23.4. The normalized spacial score (nSPS) is 13.6. The van der Waals surface area contributed by atoms with E-state index in [4.69, 9.17) is 4.42 Å². The van der Waals surface area contributed by atoms with Gasteiger partial charge in [0, 0.05) is 87.0 Å². The average molecular weight is 950 g/mol. The van der Waals surface area contributed by atoms with E-state index in [1.807, 2.05) is 11.3 Å². The van der Waals surface area contributed by atoms with E-state index in [9.17, 15) is 0 Å². The minimum atomic E-state index is -0.172. The Bertz CT molecular complexity index is 4180. The fourth-order valence-electron chi connectivity index (χ4n) is 12.1. The Morgan fingerprint density at radius 2 is 1.11 bits per heavy atom. The molecular weight excluding hydrogens is 894 g/mol. The summed E-state index contributed by atoms with van der Waals surface area (Å²) in [6.07, 6.45) is 0. The molecular formula is C66H56BN3OS. The van der Waals surface area contributed by atoms with Gasteiger partial charge in [-0.05, 0) is 135 Å². The van der Waals surface area contributed by atoms with Gasteiger partial charge in [0.25, 0.3) is 0 Å². The molecule has 9 aromatic carbocycles. The van der Waals surface area contributed by atoms with Crippen molar-refractivity contribution in [2.75, 3.05) is 9.71 Å². The van der Waals surface area contributed by atoms with Crippen LogP contribution < -0.4 is 20.6 Å². The van der Waals surface area contributed by atoms with Gasteiger partial charge in [0.15, 0.2) is 0 Å². The highest BCUT2D eigenvalue weighted by molar-refractivity contribution is 7.25. The van der Waals surface area contributed by atoms with Gasteiger partial charge >= 0.3 is 6.85 Å². The van der Waals surface area contributed by atoms with Crippen molar-refractivity contribution in [1.82, 2.24) is 4.57 Å². The maximum atomic E-state index is 7.37. The first kappa shape index (κ1) is 43.3. The molecule has 2 aliphatic heterocycles. The van der Waals surface area contributed by atoms with Gasteiger partial charge in [-0.1, -0.05) is 147 Å².